The molecule has 1 heterocycles. The number of hydrogen-bond donors (Lipinski definition) is 1. The number of rotatable bonds is 7. The highest BCUT2D eigenvalue weighted by Crippen LogP contribution is 2.11. The zero-order valence-electron chi connectivity index (χ0n) is 10.7. The van der Waals surface area contributed by atoms with E-state index in [1.54, 1.807) is 0 Å². The van der Waals surface area contributed by atoms with Crippen LogP contribution in [0.2, 0.25) is 0 Å². The Morgan fingerprint density at radius 2 is 2.12 bits per heavy atom. The van der Waals surface area contributed by atoms with E-state index in [0.717, 1.165) is 31.6 Å². The van der Waals surface area contributed by atoms with Gasteiger partial charge in [-0.25, -0.2) is 4.98 Å². The molecule has 0 amide bonds. The average molecular weight is 224 g/mol. The van der Waals surface area contributed by atoms with Gasteiger partial charge in [0, 0.05) is 25.4 Å². The molecule has 0 aliphatic rings. The van der Waals surface area contributed by atoms with Crippen molar-refractivity contribution < 1.29 is 5.11 Å². The summed E-state index contributed by atoms with van der Waals surface area (Å²) >= 11 is 0. The zero-order valence-corrected chi connectivity index (χ0v) is 10.7. The molecule has 3 nitrogen and oxygen atoms in total. The van der Waals surface area contributed by atoms with Gasteiger partial charge in [0.05, 0.1) is 6.10 Å². The Hall–Kier alpha value is -0.830. The minimum absolute atomic E-state index is 0.250. The summed E-state index contributed by atoms with van der Waals surface area (Å²) in [6, 6.07) is 0. The molecule has 1 aromatic rings. The van der Waals surface area contributed by atoms with Gasteiger partial charge in [0.25, 0.3) is 0 Å². The molecule has 0 spiro atoms. The second-order valence-electron chi connectivity index (χ2n) is 4.87. The smallest absolute Gasteiger partial charge is 0.111 e. The molecule has 0 aliphatic carbocycles. The number of hydrogen-bond acceptors (Lipinski definition) is 2. The average Bonchev–Trinajstić information content (AvgIpc) is 2.63. The minimum Gasteiger partial charge on any atom is -0.393 e. The van der Waals surface area contributed by atoms with Crippen LogP contribution < -0.4 is 0 Å². The van der Waals surface area contributed by atoms with Gasteiger partial charge in [-0.2, -0.15) is 0 Å². The van der Waals surface area contributed by atoms with Gasteiger partial charge in [0.1, 0.15) is 5.82 Å². The Morgan fingerprint density at radius 1 is 1.38 bits per heavy atom. The summed E-state index contributed by atoms with van der Waals surface area (Å²) in [5.41, 5.74) is 0. The molecule has 0 bridgehead atoms. The van der Waals surface area contributed by atoms with E-state index in [0.29, 0.717) is 12.3 Å². The van der Waals surface area contributed by atoms with Gasteiger partial charge in [-0.15, -0.1) is 0 Å². The number of nitrogens with zero attached hydrogens (tertiary/aromatic N) is 2. The second kappa shape index (κ2) is 6.69. The van der Waals surface area contributed by atoms with Crippen molar-refractivity contribution in [3.63, 3.8) is 0 Å². The van der Waals surface area contributed by atoms with Crippen LogP contribution in [-0.2, 0) is 13.0 Å². The molecule has 1 aromatic heterocycles. The van der Waals surface area contributed by atoms with Crippen LogP contribution in [0.3, 0.4) is 0 Å². The molecule has 1 N–H and O–H groups in total. The molecule has 0 radical (unpaired) electrons. The fraction of sp³-hybridized carbons (Fsp3) is 0.769. The lowest BCUT2D eigenvalue weighted by molar-refractivity contribution is 0.153. The predicted octanol–water partition coefficient (Wildman–Crippen LogP) is 2.63. The Bertz CT molecular complexity index is 294. The maximum Gasteiger partial charge on any atom is 0.111 e. The molecule has 0 saturated carbocycles. The standard InChI is InChI=1S/C13H24N2O/c1-4-8-15-9-7-14-13(15)10-12(16)6-5-11(2)3/h7,9,11-12,16H,4-6,8,10H2,1-3H3. The number of aliphatic hydroxyl groups is 1. The first-order valence-corrected chi connectivity index (χ1v) is 6.31. The highest BCUT2D eigenvalue weighted by atomic mass is 16.3. The van der Waals surface area contributed by atoms with Crippen molar-refractivity contribution in [3.05, 3.63) is 18.2 Å². The molecule has 0 aromatic carbocycles. The van der Waals surface area contributed by atoms with Crippen LogP contribution in [0, 0.1) is 5.92 Å². The summed E-state index contributed by atoms with van der Waals surface area (Å²) in [7, 11) is 0. The van der Waals surface area contributed by atoms with Crippen molar-refractivity contribution in [2.24, 2.45) is 5.92 Å². The fourth-order valence-corrected chi connectivity index (χ4v) is 1.81. The maximum absolute atomic E-state index is 9.91. The number of aryl methyl sites for hydroxylation is 1. The summed E-state index contributed by atoms with van der Waals surface area (Å²) in [6.45, 7) is 7.51. The molecular weight excluding hydrogens is 200 g/mol. The summed E-state index contributed by atoms with van der Waals surface area (Å²) in [5.74, 6) is 1.67. The van der Waals surface area contributed by atoms with E-state index in [1.165, 1.54) is 0 Å². The molecule has 1 unspecified atom stereocenters. The summed E-state index contributed by atoms with van der Waals surface area (Å²) < 4.78 is 2.14. The van der Waals surface area contributed by atoms with Crippen molar-refractivity contribution in [1.29, 1.82) is 0 Å². The lowest BCUT2D eigenvalue weighted by atomic mass is 10.0. The Kier molecular flexibility index (Phi) is 5.53. The monoisotopic (exact) mass is 224 g/mol. The predicted molar refractivity (Wildman–Crippen MR) is 66.3 cm³/mol. The van der Waals surface area contributed by atoms with E-state index in [1.807, 2.05) is 12.4 Å². The lowest BCUT2D eigenvalue weighted by Gasteiger charge is -2.13. The number of imidazole rings is 1. The normalized spacial score (nSPS) is 13.3. The van der Waals surface area contributed by atoms with Crippen LogP contribution >= 0.6 is 0 Å². The summed E-state index contributed by atoms with van der Waals surface area (Å²) in [5, 5.41) is 9.91. The molecule has 0 aliphatic heterocycles. The third kappa shape index (κ3) is 4.35. The number of aliphatic hydroxyl groups excluding tert-OH is 1. The minimum atomic E-state index is -0.250. The summed E-state index contributed by atoms with van der Waals surface area (Å²) in [4.78, 5) is 4.30. The molecular formula is C13H24N2O. The zero-order chi connectivity index (χ0) is 12.0. The lowest BCUT2D eigenvalue weighted by Crippen LogP contribution is -2.15. The van der Waals surface area contributed by atoms with Crippen LogP contribution in [0.5, 0.6) is 0 Å². The van der Waals surface area contributed by atoms with Crippen molar-refractivity contribution in [2.75, 3.05) is 0 Å². The van der Waals surface area contributed by atoms with Gasteiger partial charge in [-0.3, -0.25) is 0 Å². The Morgan fingerprint density at radius 3 is 2.75 bits per heavy atom. The second-order valence-corrected chi connectivity index (χ2v) is 4.87. The summed E-state index contributed by atoms with van der Waals surface area (Å²) in [6.07, 6.45) is 7.30. The Balaban J connectivity index is 2.42. The third-order valence-corrected chi connectivity index (χ3v) is 2.76. The molecule has 3 heteroatoms. The van der Waals surface area contributed by atoms with Crippen LogP contribution in [0.25, 0.3) is 0 Å². The first-order valence-electron chi connectivity index (χ1n) is 6.31. The van der Waals surface area contributed by atoms with Gasteiger partial charge in [-0.1, -0.05) is 20.8 Å². The SMILES string of the molecule is CCCn1ccnc1CC(O)CCC(C)C. The molecule has 16 heavy (non-hydrogen) atoms. The van der Waals surface area contributed by atoms with Gasteiger partial charge in [-0.05, 0) is 25.2 Å². The van der Waals surface area contributed by atoms with E-state index in [4.69, 9.17) is 0 Å². The number of aromatic nitrogens is 2. The van der Waals surface area contributed by atoms with Crippen molar-refractivity contribution in [3.8, 4) is 0 Å². The van der Waals surface area contributed by atoms with Crippen molar-refractivity contribution >= 4 is 0 Å². The van der Waals surface area contributed by atoms with Crippen LogP contribution in [0.1, 0.15) is 45.9 Å². The third-order valence-electron chi connectivity index (χ3n) is 2.76. The molecule has 1 atom stereocenters. The highest BCUT2D eigenvalue weighted by molar-refractivity contribution is 4.94. The molecule has 92 valence electrons. The van der Waals surface area contributed by atoms with Crippen LogP contribution in [0.4, 0.5) is 0 Å². The fourth-order valence-electron chi connectivity index (χ4n) is 1.81. The van der Waals surface area contributed by atoms with Gasteiger partial charge in [0.15, 0.2) is 0 Å². The van der Waals surface area contributed by atoms with Crippen molar-refractivity contribution in [1.82, 2.24) is 9.55 Å². The topological polar surface area (TPSA) is 38.0 Å². The maximum atomic E-state index is 9.91. The van der Waals surface area contributed by atoms with Crippen LogP contribution in [-0.4, -0.2) is 20.8 Å². The molecule has 1 rings (SSSR count). The first kappa shape index (κ1) is 13.2. The van der Waals surface area contributed by atoms with Gasteiger partial charge < -0.3 is 9.67 Å². The van der Waals surface area contributed by atoms with E-state index in [-0.39, 0.29) is 6.10 Å². The largest absolute Gasteiger partial charge is 0.393 e. The highest BCUT2D eigenvalue weighted by Gasteiger charge is 2.10. The quantitative estimate of drug-likeness (QED) is 0.773. The van der Waals surface area contributed by atoms with E-state index >= 15 is 0 Å². The Labute approximate surface area is 98.5 Å². The van der Waals surface area contributed by atoms with E-state index in [2.05, 4.69) is 30.3 Å². The molecule has 0 saturated heterocycles. The first-order chi connectivity index (χ1) is 7.63. The van der Waals surface area contributed by atoms with Crippen LogP contribution in [0.15, 0.2) is 12.4 Å². The van der Waals surface area contributed by atoms with Gasteiger partial charge >= 0.3 is 0 Å². The molecule has 0 fully saturated rings. The van der Waals surface area contributed by atoms with E-state index < -0.39 is 0 Å². The van der Waals surface area contributed by atoms with E-state index in [9.17, 15) is 5.11 Å². The van der Waals surface area contributed by atoms with Crippen molar-refractivity contribution in [2.45, 2.75) is 59.1 Å². The van der Waals surface area contributed by atoms with Gasteiger partial charge in [0.2, 0.25) is 0 Å².